The standard InChI is InChI=1S/C52H68Br4O8/c1-5-9-13-17-21-29-33-25-35(47(59)41(53)45(33)57)30(22-18-14-10-6-2)37-27-39(51(63)43(55)49(37)61)32(24-20-16-12-8-4)40-28-38(50(62)44(56)52(40)64)31(23-19-15-11-7-3)36-26-34(29)46(58)42(54)48(36)60/h25-32,57-64H,5-24H2,1-4H3. The topological polar surface area (TPSA) is 162 Å². The molecule has 0 aromatic heterocycles. The fourth-order valence-corrected chi connectivity index (χ4v) is 11.7. The van der Waals surface area contributed by atoms with E-state index in [-0.39, 0.29) is 63.9 Å². The third-order valence-electron chi connectivity index (χ3n) is 13.5. The normalized spacial score (nSPS) is 17.2. The largest absolute Gasteiger partial charge is 0.506 e. The lowest BCUT2D eigenvalue weighted by Crippen LogP contribution is -2.12. The highest BCUT2D eigenvalue weighted by atomic mass is 79.9. The fourth-order valence-electron chi connectivity index (χ4n) is 9.82. The first-order chi connectivity index (χ1) is 30.7. The van der Waals surface area contributed by atoms with Gasteiger partial charge in [-0.2, -0.15) is 0 Å². The van der Waals surface area contributed by atoms with Crippen LogP contribution in [-0.4, -0.2) is 40.9 Å². The molecule has 0 heterocycles. The van der Waals surface area contributed by atoms with Crippen molar-refractivity contribution >= 4 is 63.7 Å². The van der Waals surface area contributed by atoms with Crippen LogP contribution in [0.2, 0.25) is 0 Å². The van der Waals surface area contributed by atoms with E-state index in [0.717, 1.165) is 103 Å². The zero-order valence-electron chi connectivity index (χ0n) is 37.9. The summed E-state index contributed by atoms with van der Waals surface area (Å²) in [5.74, 6) is -3.94. The van der Waals surface area contributed by atoms with Gasteiger partial charge in [0.1, 0.15) is 63.9 Å². The summed E-state index contributed by atoms with van der Waals surface area (Å²) in [6.07, 6.45) is 16.7. The Labute approximate surface area is 414 Å². The minimum atomic E-state index is -0.628. The SMILES string of the molecule is CCCCCCC1c2cc(c(O)c(Br)c2O)C(CCCCCC)c2cc(c(O)c(Br)c2O)C(CCCCCC)c2cc(c(O)c(Br)c2O)C(CCCCCC)c2cc1c(O)c(Br)c2O. The molecular formula is C52H68Br4O8. The van der Waals surface area contributed by atoms with Gasteiger partial charge in [0, 0.05) is 68.2 Å². The molecule has 12 heteroatoms. The van der Waals surface area contributed by atoms with Crippen molar-refractivity contribution in [2.24, 2.45) is 0 Å². The second-order valence-electron chi connectivity index (χ2n) is 17.9. The molecule has 1 aliphatic carbocycles. The van der Waals surface area contributed by atoms with Gasteiger partial charge >= 0.3 is 0 Å². The molecule has 0 saturated carbocycles. The molecule has 0 amide bonds. The van der Waals surface area contributed by atoms with Crippen LogP contribution < -0.4 is 0 Å². The highest BCUT2D eigenvalue weighted by Crippen LogP contribution is 2.57. The van der Waals surface area contributed by atoms with Crippen molar-refractivity contribution < 1.29 is 40.9 Å². The Balaban J connectivity index is 2.00. The van der Waals surface area contributed by atoms with Gasteiger partial charge in [-0.05, 0) is 114 Å². The number of aromatic hydroxyl groups is 8. The van der Waals surface area contributed by atoms with E-state index in [0.29, 0.717) is 70.2 Å². The molecule has 4 aromatic rings. The average molecular weight is 1140 g/mol. The Kier molecular flexibility index (Phi) is 19.8. The zero-order valence-corrected chi connectivity index (χ0v) is 44.2. The van der Waals surface area contributed by atoms with Gasteiger partial charge in [-0.15, -0.1) is 0 Å². The molecule has 0 fully saturated rings. The molecule has 8 bridgehead atoms. The molecule has 8 nitrogen and oxygen atoms in total. The smallest absolute Gasteiger partial charge is 0.137 e. The van der Waals surface area contributed by atoms with Gasteiger partial charge in [-0.25, -0.2) is 0 Å². The molecule has 352 valence electrons. The number of fused-ring (bicyclic) bond motifs is 8. The minimum Gasteiger partial charge on any atom is -0.506 e. The van der Waals surface area contributed by atoms with E-state index in [1.165, 1.54) is 0 Å². The first-order valence-corrected chi connectivity index (χ1v) is 26.8. The van der Waals surface area contributed by atoms with Crippen LogP contribution in [0.25, 0.3) is 0 Å². The van der Waals surface area contributed by atoms with Gasteiger partial charge in [-0.1, -0.05) is 130 Å². The number of halogens is 4. The van der Waals surface area contributed by atoms with Crippen LogP contribution in [0.4, 0.5) is 0 Å². The lowest BCUT2D eigenvalue weighted by molar-refractivity contribution is 0.413. The van der Waals surface area contributed by atoms with Crippen LogP contribution in [-0.2, 0) is 0 Å². The van der Waals surface area contributed by atoms with Crippen molar-refractivity contribution in [3.63, 3.8) is 0 Å². The number of phenolic OH excluding ortho intramolecular Hbond substituents is 8. The summed E-state index contributed by atoms with van der Waals surface area (Å²) in [4.78, 5) is 0. The van der Waals surface area contributed by atoms with Crippen LogP contribution >= 0.6 is 63.7 Å². The van der Waals surface area contributed by atoms with Crippen molar-refractivity contribution in [1.29, 1.82) is 0 Å². The Morgan fingerprint density at radius 1 is 0.281 bits per heavy atom. The second-order valence-corrected chi connectivity index (χ2v) is 21.0. The van der Waals surface area contributed by atoms with Gasteiger partial charge in [0.05, 0.1) is 0 Å². The number of phenols is 8. The Morgan fingerprint density at radius 3 is 0.578 bits per heavy atom. The van der Waals surface area contributed by atoms with Gasteiger partial charge in [0.25, 0.3) is 0 Å². The Hall–Kier alpha value is -2.80. The van der Waals surface area contributed by atoms with Gasteiger partial charge in [0.2, 0.25) is 0 Å². The third-order valence-corrected chi connectivity index (χ3v) is 16.5. The van der Waals surface area contributed by atoms with Crippen molar-refractivity contribution in [3.8, 4) is 46.0 Å². The maximum absolute atomic E-state index is 12.1. The summed E-state index contributed by atoms with van der Waals surface area (Å²) in [6, 6.07) is 7.21. The summed E-state index contributed by atoms with van der Waals surface area (Å²) in [5, 5.41) is 96.9. The summed E-state index contributed by atoms with van der Waals surface area (Å²) in [6.45, 7) is 8.55. The van der Waals surface area contributed by atoms with Crippen molar-refractivity contribution in [2.45, 2.75) is 180 Å². The molecule has 0 saturated heterocycles. The van der Waals surface area contributed by atoms with Crippen LogP contribution in [0.15, 0.2) is 42.2 Å². The van der Waals surface area contributed by atoms with E-state index in [1.807, 2.05) is 0 Å². The summed E-state index contributed by atoms with van der Waals surface area (Å²) < 4.78 is 0.354. The average Bonchev–Trinajstić information content (AvgIpc) is 3.28. The maximum atomic E-state index is 12.1. The minimum absolute atomic E-state index is 0.0885. The number of benzene rings is 4. The van der Waals surface area contributed by atoms with E-state index in [9.17, 15) is 40.9 Å². The van der Waals surface area contributed by atoms with E-state index < -0.39 is 23.7 Å². The van der Waals surface area contributed by atoms with Crippen molar-refractivity contribution in [1.82, 2.24) is 0 Å². The number of unbranched alkanes of at least 4 members (excludes halogenated alkanes) is 12. The monoisotopic (exact) mass is 1140 g/mol. The van der Waals surface area contributed by atoms with Gasteiger partial charge in [-0.3, -0.25) is 0 Å². The predicted molar refractivity (Wildman–Crippen MR) is 272 cm³/mol. The molecule has 1 aliphatic rings. The van der Waals surface area contributed by atoms with E-state index >= 15 is 0 Å². The Bertz CT molecular complexity index is 1800. The molecule has 8 N–H and O–H groups in total. The second kappa shape index (κ2) is 24.3. The molecule has 64 heavy (non-hydrogen) atoms. The Morgan fingerprint density at radius 2 is 0.438 bits per heavy atom. The predicted octanol–water partition coefficient (Wildman–Crippen LogP) is 17.1. The van der Waals surface area contributed by atoms with Crippen molar-refractivity contribution in [2.75, 3.05) is 0 Å². The van der Waals surface area contributed by atoms with E-state index in [4.69, 9.17) is 0 Å². The number of rotatable bonds is 20. The van der Waals surface area contributed by atoms with Crippen LogP contribution in [0.5, 0.6) is 46.0 Å². The number of hydrogen-bond donors (Lipinski definition) is 8. The van der Waals surface area contributed by atoms with Crippen LogP contribution in [0.3, 0.4) is 0 Å². The molecule has 4 aromatic carbocycles. The highest BCUT2D eigenvalue weighted by molar-refractivity contribution is 9.11. The van der Waals surface area contributed by atoms with Gasteiger partial charge < -0.3 is 40.9 Å². The molecule has 0 radical (unpaired) electrons. The van der Waals surface area contributed by atoms with E-state index in [1.54, 1.807) is 24.3 Å². The molecule has 5 rings (SSSR count). The zero-order chi connectivity index (χ0) is 46.8. The summed E-state index contributed by atoms with van der Waals surface area (Å²) in [5.41, 5.74) is 3.70. The first kappa shape index (κ1) is 52.2. The molecule has 0 aliphatic heterocycles. The third kappa shape index (κ3) is 11.3. The van der Waals surface area contributed by atoms with Gasteiger partial charge in [0.15, 0.2) is 0 Å². The fraction of sp³-hybridized carbons (Fsp3) is 0.538. The van der Waals surface area contributed by atoms with Crippen molar-refractivity contribution in [3.05, 3.63) is 86.7 Å². The van der Waals surface area contributed by atoms with Crippen LogP contribution in [0, 0.1) is 0 Å². The molecule has 0 unspecified atom stereocenters. The van der Waals surface area contributed by atoms with E-state index in [2.05, 4.69) is 91.4 Å². The summed E-state index contributed by atoms with van der Waals surface area (Å²) >= 11 is 14.3. The molecular weight excluding hydrogens is 1070 g/mol. The lowest BCUT2D eigenvalue weighted by Gasteiger charge is -2.30. The quantitative estimate of drug-likeness (QED) is 0.0406. The molecule has 0 spiro atoms. The summed E-state index contributed by atoms with van der Waals surface area (Å²) in [7, 11) is 0. The molecule has 0 atom stereocenters. The number of hydrogen-bond acceptors (Lipinski definition) is 8. The lowest BCUT2D eigenvalue weighted by atomic mass is 9.76. The highest BCUT2D eigenvalue weighted by Gasteiger charge is 2.36. The maximum Gasteiger partial charge on any atom is 0.137 e. The first-order valence-electron chi connectivity index (χ1n) is 23.6. The van der Waals surface area contributed by atoms with Crippen LogP contribution in [0.1, 0.15) is 224 Å².